The van der Waals surface area contributed by atoms with Gasteiger partial charge in [0.05, 0.1) is 7.11 Å². The van der Waals surface area contributed by atoms with Crippen molar-refractivity contribution in [1.82, 2.24) is 4.72 Å². The van der Waals surface area contributed by atoms with Gasteiger partial charge in [0.15, 0.2) is 0 Å². The maximum absolute atomic E-state index is 12.3. The molecule has 2 N–H and O–H groups in total. The second-order valence-corrected chi connectivity index (χ2v) is 6.73. The summed E-state index contributed by atoms with van der Waals surface area (Å²) in [5, 5.41) is 9.52. The Morgan fingerprint density at radius 3 is 2.55 bits per heavy atom. The van der Waals surface area contributed by atoms with E-state index in [2.05, 4.69) is 4.72 Å². The molecular weight excluding hydrogens is 306 g/mol. The molecule has 1 aliphatic rings. The summed E-state index contributed by atoms with van der Waals surface area (Å²) in [6.07, 6.45) is 1.22. The van der Waals surface area contributed by atoms with Crippen LogP contribution in [0.25, 0.3) is 0 Å². The first kappa shape index (κ1) is 15.1. The normalized spacial score (nSPS) is 17.3. The van der Waals surface area contributed by atoms with Gasteiger partial charge in [-0.2, -0.15) is 4.72 Å². The van der Waals surface area contributed by atoms with E-state index in [1.807, 2.05) is 0 Å². The molecule has 1 fully saturated rings. The summed E-state index contributed by atoms with van der Waals surface area (Å²) in [6.45, 7) is 0. The Hall–Kier alpha value is -1.31. The van der Waals surface area contributed by atoms with Crippen LogP contribution >= 0.6 is 11.6 Å². The highest BCUT2D eigenvalue weighted by Gasteiger charge is 2.48. The van der Waals surface area contributed by atoms with Crippen molar-refractivity contribution >= 4 is 27.6 Å². The minimum atomic E-state index is -4.00. The zero-order valence-electron chi connectivity index (χ0n) is 10.7. The maximum atomic E-state index is 12.3. The number of hydrogen-bond acceptors (Lipinski definition) is 4. The van der Waals surface area contributed by atoms with Crippen LogP contribution in [-0.4, -0.2) is 32.1 Å². The molecule has 8 heteroatoms. The molecule has 0 saturated heterocycles. The molecule has 0 spiro atoms. The number of ether oxygens (including phenoxy) is 1. The average molecular weight is 320 g/mol. The van der Waals surface area contributed by atoms with Crippen LogP contribution in [0, 0.1) is 0 Å². The molecule has 0 unspecified atom stereocenters. The summed E-state index contributed by atoms with van der Waals surface area (Å²) in [4.78, 5) is 11.1. The second-order valence-electron chi connectivity index (χ2n) is 4.64. The number of rotatable bonds is 5. The SMILES string of the molecule is COc1cc(Cl)ccc1S(=O)(=O)NC1(C(=O)O)CCC1. The number of benzene rings is 1. The van der Waals surface area contributed by atoms with Crippen LogP contribution in [-0.2, 0) is 14.8 Å². The summed E-state index contributed by atoms with van der Waals surface area (Å²) in [5.74, 6) is -1.09. The molecule has 1 aromatic carbocycles. The van der Waals surface area contributed by atoms with Crippen LogP contribution in [0.3, 0.4) is 0 Å². The van der Waals surface area contributed by atoms with Crippen LogP contribution < -0.4 is 9.46 Å². The minimum absolute atomic E-state index is 0.0739. The first-order valence-electron chi connectivity index (χ1n) is 5.92. The molecule has 1 aromatic rings. The van der Waals surface area contributed by atoms with Crippen molar-refractivity contribution in [3.05, 3.63) is 23.2 Å². The molecule has 1 saturated carbocycles. The van der Waals surface area contributed by atoms with Crippen LogP contribution in [0.15, 0.2) is 23.1 Å². The highest BCUT2D eigenvalue weighted by atomic mass is 35.5. The molecule has 0 amide bonds. The van der Waals surface area contributed by atoms with Gasteiger partial charge in [-0.25, -0.2) is 8.42 Å². The Bertz CT molecular complexity index is 639. The Labute approximate surface area is 121 Å². The highest BCUT2D eigenvalue weighted by Crippen LogP contribution is 2.35. The summed E-state index contributed by atoms with van der Waals surface area (Å²) in [6, 6.07) is 4.06. The number of hydrogen-bond donors (Lipinski definition) is 2. The number of carbonyl (C=O) groups is 1. The van der Waals surface area contributed by atoms with Crippen molar-refractivity contribution in [1.29, 1.82) is 0 Å². The fraction of sp³-hybridized carbons (Fsp3) is 0.417. The average Bonchev–Trinajstić information content (AvgIpc) is 2.33. The van der Waals surface area contributed by atoms with E-state index >= 15 is 0 Å². The molecule has 1 aliphatic carbocycles. The summed E-state index contributed by atoms with van der Waals surface area (Å²) < 4.78 is 31.9. The zero-order valence-corrected chi connectivity index (χ0v) is 12.3. The smallest absolute Gasteiger partial charge is 0.324 e. The fourth-order valence-electron chi connectivity index (χ4n) is 2.07. The quantitative estimate of drug-likeness (QED) is 0.860. The van der Waals surface area contributed by atoms with Crippen molar-refractivity contribution in [2.75, 3.05) is 7.11 Å². The summed E-state index contributed by atoms with van der Waals surface area (Å²) in [7, 11) is -2.68. The van der Waals surface area contributed by atoms with E-state index < -0.39 is 21.5 Å². The van der Waals surface area contributed by atoms with Gasteiger partial charge in [-0.1, -0.05) is 11.6 Å². The molecule has 0 radical (unpaired) electrons. The first-order valence-corrected chi connectivity index (χ1v) is 7.78. The number of carboxylic acid groups (broad SMARTS) is 1. The molecule has 0 atom stereocenters. The predicted octanol–water partition coefficient (Wildman–Crippen LogP) is 1.63. The van der Waals surface area contributed by atoms with Gasteiger partial charge in [-0.3, -0.25) is 4.79 Å². The van der Waals surface area contributed by atoms with E-state index in [0.29, 0.717) is 11.4 Å². The van der Waals surface area contributed by atoms with Gasteiger partial charge in [0.2, 0.25) is 10.0 Å². The largest absolute Gasteiger partial charge is 0.495 e. The lowest BCUT2D eigenvalue weighted by Crippen LogP contribution is -2.58. The predicted molar refractivity (Wildman–Crippen MR) is 72.5 cm³/mol. The molecule has 0 heterocycles. The highest BCUT2D eigenvalue weighted by molar-refractivity contribution is 7.89. The van der Waals surface area contributed by atoms with Gasteiger partial charge in [-0.15, -0.1) is 0 Å². The van der Waals surface area contributed by atoms with E-state index in [1.165, 1.54) is 25.3 Å². The molecule has 2 rings (SSSR count). The van der Waals surface area contributed by atoms with E-state index in [9.17, 15) is 18.3 Å². The lowest BCUT2D eigenvalue weighted by molar-refractivity contribution is -0.147. The van der Waals surface area contributed by atoms with E-state index in [1.54, 1.807) is 0 Å². The molecule has 0 aromatic heterocycles. The molecule has 0 bridgehead atoms. The van der Waals surface area contributed by atoms with Crippen LogP contribution in [0.5, 0.6) is 5.75 Å². The van der Waals surface area contributed by atoms with E-state index in [0.717, 1.165) is 0 Å². The number of sulfonamides is 1. The third-order valence-corrected chi connectivity index (χ3v) is 5.17. The topological polar surface area (TPSA) is 92.7 Å². The first-order chi connectivity index (χ1) is 9.31. The van der Waals surface area contributed by atoms with Gasteiger partial charge in [-0.05, 0) is 31.4 Å². The van der Waals surface area contributed by atoms with Gasteiger partial charge in [0.25, 0.3) is 0 Å². The Morgan fingerprint density at radius 2 is 2.10 bits per heavy atom. The molecule has 20 heavy (non-hydrogen) atoms. The lowest BCUT2D eigenvalue weighted by Gasteiger charge is -2.37. The van der Waals surface area contributed by atoms with Crippen LogP contribution in [0.1, 0.15) is 19.3 Å². The standard InChI is InChI=1S/C12H14ClNO5S/c1-19-9-7-8(13)3-4-10(9)20(17,18)14-12(11(15)16)5-2-6-12/h3-4,7,14H,2,5-6H2,1H3,(H,15,16). The van der Waals surface area contributed by atoms with Crippen LogP contribution in [0.4, 0.5) is 0 Å². The Morgan fingerprint density at radius 1 is 1.45 bits per heavy atom. The Balaban J connectivity index is 2.38. The number of carboxylic acids is 1. The van der Waals surface area contributed by atoms with Crippen molar-refractivity contribution in [2.24, 2.45) is 0 Å². The second kappa shape index (κ2) is 5.23. The van der Waals surface area contributed by atoms with E-state index in [-0.39, 0.29) is 23.5 Å². The van der Waals surface area contributed by atoms with Gasteiger partial charge in [0, 0.05) is 11.1 Å². The monoisotopic (exact) mass is 319 g/mol. The van der Waals surface area contributed by atoms with Gasteiger partial charge >= 0.3 is 5.97 Å². The van der Waals surface area contributed by atoms with E-state index in [4.69, 9.17) is 16.3 Å². The molecule has 0 aliphatic heterocycles. The van der Waals surface area contributed by atoms with Crippen molar-refractivity contribution in [3.63, 3.8) is 0 Å². The Kier molecular flexibility index (Phi) is 3.95. The number of aliphatic carboxylic acids is 1. The fourth-order valence-corrected chi connectivity index (χ4v) is 3.80. The number of halogens is 1. The van der Waals surface area contributed by atoms with Gasteiger partial charge in [0.1, 0.15) is 16.2 Å². The van der Waals surface area contributed by atoms with Gasteiger partial charge < -0.3 is 9.84 Å². The summed E-state index contributed by atoms with van der Waals surface area (Å²) >= 11 is 5.78. The number of methoxy groups -OCH3 is 1. The van der Waals surface area contributed by atoms with Crippen molar-refractivity contribution < 1.29 is 23.1 Å². The van der Waals surface area contributed by atoms with Crippen LogP contribution in [0.2, 0.25) is 5.02 Å². The number of nitrogens with one attached hydrogen (secondary N) is 1. The minimum Gasteiger partial charge on any atom is -0.495 e. The molecular formula is C12H14ClNO5S. The zero-order chi connectivity index (χ0) is 15.0. The summed E-state index contributed by atoms with van der Waals surface area (Å²) in [5.41, 5.74) is -1.41. The molecule has 110 valence electrons. The lowest BCUT2D eigenvalue weighted by atomic mass is 9.78. The molecule has 6 nitrogen and oxygen atoms in total. The maximum Gasteiger partial charge on any atom is 0.324 e. The third-order valence-electron chi connectivity index (χ3n) is 3.36. The van der Waals surface area contributed by atoms with Crippen molar-refractivity contribution in [2.45, 2.75) is 29.7 Å². The van der Waals surface area contributed by atoms with Crippen molar-refractivity contribution in [3.8, 4) is 5.75 Å². The third kappa shape index (κ3) is 2.61.